The molecule has 0 saturated carbocycles. The van der Waals surface area contributed by atoms with Crippen molar-refractivity contribution < 1.29 is 9.30 Å². The second-order valence-electron chi connectivity index (χ2n) is 4.50. The van der Waals surface area contributed by atoms with E-state index in [2.05, 4.69) is 10.0 Å². The van der Waals surface area contributed by atoms with Gasteiger partial charge in [-0.25, -0.2) is 0 Å². The van der Waals surface area contributed by atoms with Gasteiger partial charge in [0.2, 0.25) is 0 Å². The molecule has 0 aromatic heterocycles. The smallest absolute Gasteiger partial charge is 0.110 e. The molecule has 98 valence electrons. The van der Waals surface area contributed by atoms with Gasteiger partial charge in [0.1, 0.15) is 7.14 Å². The molecule has 0 aliphatic heterocycles. The van der Waals surface area contributed by atoms with E-state index in [0.29, 0.717) is 13.0 Å². The van der Waals surface area contributed by atoms with E-state index in [1.165, 1.54) is 0 Å². The Balaban J connectivity index is 3.02. The summed E-state index contributed by atoms with van der Waals surface area (Å²) in [5, 5.41) is 4.54. The minimum atomic E-state index is -2.33. The van der Waals surface area contributed by atoms with Gasteiger partial charge in [-0.15, -0.1) is 0 Å². The van der Waals surface area contributed by atoms with Gasteiger partial charge in [-0.2, -0.15) is 0 Å². The van der Waals surface area contributed by atoms with Crippen molar-refractivity contribution in [2.75, 3.05) is 27.0 Å². The number of rotatable bonds is 6. The first-order chi connectivity index (χ1) is 8.49. The van der Waals surface area contributed by atoms with Crippen molar-refractivity contribution in [2.24, 2.45) is 5.11 Å². The zero-order valence-electron chi connectivity index (χ0n) is 10.9. The van der Waals surface area contributed by atoms with Crippen LogP contribution in [-0.2, 0) is 15.7 Å². The molecule has 1 atom stereocenters. The normalized spacial score (nSPS) is 12.8. The summed E-state index contributed by atoms with van der Waals surface area (Å²) in [4.78, 5) is 2.82. The second-order valence-corrected chi connectivity index (χ2v) is 7.68. The average molecular weight is 267 g/mol. The molecule has 0 N–H and O–H groups in total. The Kier molecular flexibility index (Phi) is 5.42. The molecule has 18 heavy (non-hydrogen) atoms. The van der Waals surface area contributed by atoms with Crippen molar-refractivity contribution in [2.45, 2.75) is 12.5 Å². The van der Waals surface area contributed by atoms with Gasteiger partial charge < -0.3 is 9.30 Å². The van der Waals surface area contributed by atoms with Crippen molar-refractivity contribution in [3.8, 4) is 0 Å². The van der Waals surface area contributed by atoms with Crippen LogP contribution in [0.15, 0.2) is 29.4 Å². The number of hydrogen-bond acceptors (Lipinski definition) is 3. The molecule has 0 radical (unpaired) electrons. The van der Waals surface area contributed by atoms with E-state index in [4.69, 9.17) is 10.3 Å². The van der Waals surface area contributed by atoms with Gasteiger partial charge >= 0.3 is 0 Å². The van der Waals surface area contributed by atoms with Crippen LogP contribution in [-0.4, -0.2) is 33.1 Å². The predicted octanol–water partition coefficient (Wildman–Crippen LogP) is 2.80. The summed E-state index contributed by atoms with van der Waals surface area (Å²) < 4.78 is 17.2. The topological polar surface area (TPSA) is 75.1 Å². The summed E-state index contributed by atoms with van der Waals surface area (Å²) >= 11 is 0. The van der Waals surface area contributed by atoms with E-state index in [0.717, 1.165) is 10.9 Å². The summed E-state index contributed by atoms with van der Waals surface area (Å²) in [5.74, 6) is 0. The minimum Gasteiger partial charge on any atom is -0.384 e. The molecule has 0 bridgehead atoms. The Morgan fingerprint density at radius 3 is 2.67 bits per heavy atom. The molecule has 0 heterocycles. The Morgan fingerprint density at radius 2 is 2.11 bits per heavy atom. The summed E-state index contributed by atoms with van der Waals surface area (Å²) in [5.41, 5.74) is 9.48. The highest BCUT2D eigenvalue weighted by Crippen LogP contribution is 2.36. The van der Waals surface area contributed by atoms with Gasteiger partial charge in [0.25, 0.3) is 0 Å². The average Bonchev–Trinajstić information content (AvgIpc) is 2.29. The first kappa shape index (κ1) is 14.8. The number of azide groups is 1. The van der Waals surface area contributed by atoms with Crippen LogP contribution in [0.4, 0.5) is 0 Å². The molecule has 6 heteroatoms. The summed E-state index contributed by atoms with van der Waals surface area (Å²) in [6, 6.07) is 7.29. The third-order valence-electron chi connectivity index (χ3n) is 2.60. The number of hydrogen-bond donors (Lipinski definition) is 0. The van der Waals surface area contributed by atoms with Crippen molar-refractivity contribution >= 4 is 12.4 Å². The minimum absolute atomic E-state index is 0.271. The molecule has 0 aliphatic rings. The SMILES string of the molecule is COCC(Cc1ccccc1P(C)(C)=O)N=[N+]=[N-]. The van der Waals surface area contributed by atoms with E-state index in [-0.39, 0.29) is 6.04 Å². The van der Waals surface area contributed by atoms with E-state index in [9.17, 15) is 4.57 Å². The van der Waals surface area contributed by atoms with Crippen molar-refractivity contribution in [1.82, 2.24) is 0 Å². The lowest BCUT2D eigenvalue weighted by atomic mass is 10.1. The summed E-state index contributed by atoms with van der Waals surface area (Å²) in [6.07, 6.45) is 0.541. The zero-order chi connectivity index (χ0) is 13.6. The van der Waals surface area contributed by atoms with E-state index in [1.807, 2.05) is 24.3 Å². The van der Waals surface area contributed by atoms with E-state index in [1.54, 1.807) is 20.4 Å². The van der Waals surface area contributed by atoms with Crippen LogP contribution in [0, 0.1) is 0 Å². The first-order valence-corrected chi connectivity index (χ1v) is 8.25. The monoisotopic (exact) mass is 267 g/mol. The van der Waals surface area contributed by atoms with Crippen molar-refractivity contribution in [3.63, 3.8) is 0 Å². The molecule has 1 unspecified atom stereocenters. The number of methoxy groups -OCH3 is 1. The number of benzene rings is 1. The molecule has 0 spiro atoms. The van der Waals surface area contributed by atoms with Crippen molar-refractivity contribution in [1.29, 1.82) is 0 Å². The molecule has 5 nitrogen and oxygen atoms in total. The molecule has 0 fully saturated rings. The maximum absolute atomic E-state index is 12.2. The summed E-state index contributed by atoms with van der Waals surface area (Å²) in [7, 11) is -0.760. The maximum Gasteiger partial charge on any atom is 0.110 e. The van der Waals surface area contributed by atoms with Crippen molar-refractivity contribution in [3.05, 3.63) is 40.3 Å². The third kappa shape index (κ3) is 4.19. The number of nitrogens with zero attached hydrogens (tertiary/aromatic N) is 3. The Bertz CT molecular complexity index is 492. The van der Waals surface area contributed by atoms with Gasteiger partial charge in [-0.1, -0.05) is 29.4 Å². The zero-order valence-corrected chi connectivity index (χ0v) is 11.8. The fourth-order valence-electron chi connectivity index (χ4n) is 1.86. The van der Waals surface area contributed by atoms with Gasteiger partial charge in [0.15, 0.2) is 0 Å². The highest BCUT2D eigenvalue weighted by molar-refractivity contribution is 7.70. The third-order valence-corrected chi connectivity index (χ3v) is 4.20. The van der Waals surface area contributed by atoms with Crippen LogP contribution < -0.4 is 5.30 Å². The van der Waals surface area contributed by atoms with Gasteiger partial charge in [0, 0.05) is 17.3 Å². The van der Waals surface area contributed by atoms with E-state index >= 15 is 0 Å². The lowest BCUT2D eigenvalue weighted by Crippen LogP contribution is -2.20. The highest BCUT2D eigenvalue weighted by Gasteiger charge is 2.17. The fourth-order valence-corrected chi connectivity index (χ4v) is 3.16. The highest BCUT2D eigenvalue weighted by atomic mass is 31.2. The van der Waals surface area contributed by atoms with Gasteiger partial charge in [0.05, 0.1) is 12.6 Å². The van der Waals surface area contributed by atoms with Gasteiger partial charge in [-0.05, 0) is 30.8 Å². The lowest BCUT2D eigenvalue weighted by molar-refractivity contribution is 0.180. The molecular weight excluding hydrogens is 249 g/mol. The molecule has 1 rings (SSSR count). The van der Waals surface area contributed by atoms with E-state index < -0.39 is 7.14 Å². The maximum atomic E-state index is 12.2. The lowest BCUT2D eigenvalue weighted by Gasteiger charge is -2.16. The van der Waals surface area contributed by atoms with Crippen LogP contribution >= 0.6 is 7.14 Å². The molecule has 0 amide bonds. The van der Waals surface area contributed by atoms with Crippen LogP contribution in [0.25, 0.3) is 10.4 Å². The predicted molar refractivity (Wildman–Crippen MR) is 74.0 cm³/mol. The first-order valence-electron chi connectivity index (χ1n) is 5.65. The molecule has 1 aromatic carbocycles. The summed E-state index contributed by atoms with van der Waals surface area (Å²) in [6.45, 7) is 3.84. The standard InChI is InChI=1S/C12H18N3O2P/c1-17-9-11(14-15-13)8-10-6-4-5-7-12(10)18(2,3)16/h4-7,11H,8-9H2,1-3H3. The molecule has 0 saturated heterocycles. The van der Waals surface area contributed by atoms with Crippen LogP contribution in [0.1, 0.15) is 5.56 Å². The quantitative estimate of drug-likeness (QED) is 0.344. The van der Waals surface area contributed by atoms with Crippen LogP contribution in [0.2, 0.25) is 0 Å². The Hall–Kier alpha value is -1.28. The van der Waals surface area contributed by atoms with Gasteiger partial charge in [-0.3, -0.25) is 0 Å². The number of ether oxygens (including phenoxy) is 1. The van der Waals surface area contributed by atoms with Crippen LogP contribution in [0.3, 0.4) is 0 Å². The molecule has 1 aromatic rings. The largest absolute Gasteiger partial charge is 0.384 e. The Labute approximate surface area is 107 Å². The molecular formula is C12H18N3O2P. The van der Waals surface area contributed by atoms with Crippen LogP contribution in [0.5, 0.6) is 0 Å². The molecule has 0 aliphatic carbocycles. The Morgan fingerprint density at radius 1 is 1.44 bits per heavy atom. The second kappa shape index (κ2) is 6.60. The fraction of sp³-hybridized carbons (Fsp3) is 0.500.